The average Bonchev–Trinajstić information content (AvgIpc) is 3.34. The van der Waals surface area contributed by atoms with Crippen LogP contribution in [0.25, 0.3) is 11.3 Å². The van der Waals surface area contributed by atoms with Crippen molar-refractivity contribution in [3.8, 4) is 22.8 Å². The van der Waals surface area contributed by atoms with E-state index in [1.165, 1.54) is 0 Å². The Labute approximate surface area is 183 Å². The predicted molar refractivity (Wildman–Crippen MR) is 114 cm³/mol. The number of rotatable bonds is 4. The number of benzene rings is 2. The molecule has 0 saturated heterocycles. The zero-order valence-electron chi connectivity index (χ0n) is 16.2. The Hall–Kier alpha value is -2.70. The summed E-state index contributed by atoms with van der Waals surface area (Å²) in [6.07, 6.45) is 3.99. The molecule has 154 valence electrons. The molecule has 1 N–H and O–H groups in total. The quantitative estimate of drug-likeness (QED) is 0.616. The van der Waals surface area contributed by atoms with Crippen LogP contribution in [-0.4, -0.2) is 23.7 Å². The van der Waals surface area contributed by atoms with Gasteiger partial charge in [-0.25, -0.2) is 9.13 Å². The zero-order valence-corrected chi connectivity index (χ0v) is 17.7. The number of anilines is 1. The minimum Gasteiger partial charge on any atom is -0.486 e. The van der Waals surface area contributed by atoms with Crippen molar-refractivity contribution in [2.24, 2.45) is 0 Å². The molecule has 1 amide bonds. The number of aromatic nitrogens is 2. The molecule has 2 aliphatic rings. The second kappa shape index (κ2) is 7.85. The number of hydrogen-bond acceptors (Lipinski definition) is 3. The van der Waals surface area contributed by atoms with E-state index in [2.05, 4.69) is 9.88 Å². The monoisotopic (exact) mass is 444 g/mol. The number of halogens is 2. The van der Waals surface area contributed by atoms with Crippen LogP contribution in [0.1, 0.15) is 12.2 Å². The van der Waals surface area contributed by atoms with Crippen LogP contribution >= 0.6 is 23.2 Å². The summed E-state index contributed by atoms with van der Waals surface area (Å²) < 4.78 is 15.4. The van der Waals surface area contributed by atoms with Crippen molar-refractivity contribution in [1.82, 2.24) is 4.57 Å². The topological polar surface area (TPSA) is 56.4 Å². The van der Waals surface area contributed by atoms with Gasteiger partial charge in [-0.2, -0.15) is 0 Å². The lowest BCUT2D eigenvalue weighted by molar-refractivity contribution is -0.690. The third-order valence-electron chi connectivity index (χ3n) is 5.35. The van der Waals surface area contributed by atoms with Gasteiger partial charge in [-0.1, -0.05) is 23.2 Å². The fourth-order valence-corrected chi connectivity index (χ4v) is 4.31. The van der Waals surface area contributed by atoms with E-state index in [1.807, 2.05) is 35.0 Å². The van der Waals surface area contributed by atoms with E-state index in [0.29, 0.717) is 40.4 Å². The lowest BCUT2D eigenvalue weighted by Crippen LogP contribution is -2.42. The minimum absolute atomic E-state index is 0.0994. The number of nitrogens with one attached hydrogen (secondary N) is 1. The van der Waals surface area contributed by atoms with E-state index in [4.69, 9.17) is 32.7 Å². The molecule has 3 aromatic rings. The maximum atomic E-state index is 12.7. The number of carbonyl (C=O) groups excluding carboxylic acids is 1. The molecule has 1 aromatic heterocycles. The maximum Gasteiger partial charge on any atom is 0.266 e. The van der Waals surface area contributed by atoms with Crippen LogP contribution < -0.4 is 19.4 Å². The van der Waals surface area contributed by atoms with E-state index in [-0.39, 0.29) is 12.5 Å². The van der Waals surface area contributed by atoms with E-state index >= 15 is 0 Å². The molecule has 2 aromatic carbocycles. The Bertz CT molecular complexity index is 1140. The van der Waals surface area contributed by atoms with Gasteiger partial charge in [0.15, 0.2) is 23.7 Å². The van der Waals surface area contributed by atoms with Crippen LogP contribution in [0.15, 0.2) is 42.6 Å². The molecule has 0 bridgehead atoms. The number of imidazole rings is 1. The Balaban J connectivity index is 1.37. The molecule has 6 nitrogen and oxygen atoms in total. The van der Waals surface area contributed by atoms with Gasteiger partial charge in [-0.3, -0.25) is 4.79 Å². The van der Waals surface area contributed by atoms with Gasteiger partial charge in [0.05, 0.1) is 23.0 Å². The Morgan fingerprint density at radius 2 is 1.90 bits per heavy atom. The summed E-state index contributed by atoms with van der Waals surface area (Å²) in [6.45, 7) is 2.19. The van der Waals surface area contributed by atoms with E-state index in [0.717, 1.165) is 36.5 Å². The first-order valence-corrected chi connectivity index (χ1v) is 10.6. The first-order chi connectivity index (χ1) is 14.6. The molecule has 0 radical (unpaired) electrons. The Kier molecular flexibility index (Phi) is 5.05. The summed E-state index contributed by atoms with van der Waals surface area (Å²) in [7, 11) is 0. The van der Waals surface area contributed by atoms with Gasteiger partial charge >= 0.3 is 0 Å². The van der Waals surface area contributed by atoms with Crippen molar-refractivity contribution in [1.29, 1.82) is 0 Å². The summed E-state index contributed by atoms with van der Waals surface area (Å²) in [5.74, 6) is 2.38. The van der Waals surface area contributed by atoms with Gasteiger partial charge in [0.25, 0.3) is 11.7 Å². The van der Waals surface area contributed by atoms with Gasteiger partial charge < -0.3 is 14.8 Å². The van der Waals surface area contributed by atoms with Crippen LogP contribution in [0.5, 0.6) is 11.5 Å². The normalized spacial score (nSPS) is 14.5. The third kappa shape index (κ3) is 3.61. The number of hydrogen-bond donors (Lipinski definition) is 1. The molecular weight excluding hydrogens is 425 g/mol. The van der Waals surface area contributed by atoms with Gasteiger partial charge in [-0.15, -0.1) is 0 Å². The van der Waals surface area contributed by atoms with Crippen molar-refractivity contribution in [3.05, 3.63) is 58.5 Å². The van der Waals surface area contributed by atoms with Crippen LogP contribution in [0.3, 0.4) is 0 Å². The standard InChI is InChI=1S/C22H19Cl2N3O3/c23-16-5-3-14(10-17(16)24)18-12-26(22-2-1-7-27(18)22)13-21(28)25-15-4-6-19-20(11-15)30-9-8-29-19/h3-6,10-12H,1-2,7-9,13H2/p+1. The van der Waals surface area contributed by atoms with Crippen LogP contribution in [0.2, 0.25) is 10.0 Å². The first kappa shape index (κ1) is 19.3. The average molecular weight is 445 g/mol. The zero-order chi connectivity index (χ0) is 20.7. The molecule has 0 aliphatic carbocycles. The lowest BCUT2D eigenvalue weighted by Gasteiger charge is -2.18. The second-order valence-electron chi connectivity index (χ2n) is 7.35. The van der Waals surface area contributed by atoms with E-state index < -0.39 is 0 Å². The van der Waals surface area contributed by atoms with Crippen LogP contribution in [-0.2, 0) is 24.3 Å². The first-order valence-electron chi connectivity index (χ1n) is 9.85. The van der Waals surface area contributed by atoms with Crippen molar-refractivity contribution in [2.45, 2.75) is 25.9 Å². The highest BCUT2D eigenvalue weighted by atomic mass is 35.5. The molecule has 0 saturated carbocycles. The highest BCUT2D eigenvalue weighted by molar-refractivity contribution is 6.42. The predicted octanol–water partition coefficient (Wildman–Crippen LogP) is 4.11. The minimum atomic E-state index is -0.0994. The SMILES string of the molecule is O=C(C[n+]1cc(-c2ccc(Cl)c(Cl)c2)n2c1CCC2)Nc1ccc2c(c1)OCCO2. The van der Waals surface area contributed by atoms with Crippen molar-refractivity contribution >= 4 is 34.8 Å². The molecule has 5 rings (SSSR count). The maximum absolute atomic E-state index is 12.7. The molecule has 0 fully saturated rings. The summed E-state index contributed by atoms with van der Waals surface area (Å²) >= 11 is 12.3. The number of nitrogens with zero attached hydrogens (tertiary/aromatic N) is 2. The van der Waals surface area contributed by atoms with Gasteiger partial charge in [0.1, 0.15) is 19.4 Å². The lowest BCUT2D eigenvalue weighted by atomic mass is 10.1. The molecule has 2 aliphatic heterocycles. The van der Waals surface area contributed by atoms with Crippen molar-refractivity contribution in [2.75, 3.05) is 18.5 Å². The smallest absolute Gasteiger partial charge is 0.266 e. The van der Waals surface area contributed by atoms with Crippen molar-refractivity contribution < 1.29 is 18.8 Å². The molecule has 8 heteroatoms. The largest absolute Gasteiger partial charge is 0.486 e. The summed E-state index contributed by atoms with van der Waals surface area (Å²) in [6, 6.07) is 11.0. The number of ether oxygens (including phenoxy) is 2. The molecule has 0 spiro atoms. The fraction of sp³-hybridized carbons (Fsp3) is 0.273. The van der Waals surface area contributed by atoms with Crippen molar-refractivity contribution in [3.63, 3.8) is 0 Å². The van der Waals surface area contributed by atoms with Gasteiger partial charge in [0.2, 0.25) is 0 Å². The number of carbonyl (C=O) groups is 1. The van der Waals surface area contributed by atoms with Crippen LogP contribution in [0, 0.1) is 0 Å². The fourth-order valence-electron chi connectivity index (χ4n) is 4.01. The summed E-state index contributed by atoms with van der Waals surface area (Å²) in [4.78, 5) is 12.7. The molecule has 0 unspecified atom stereocenters. The summed E-state index contributed by atoms with van der Waals surface area (Å²) in [5.41, 5.74) is 2.71. The van der Waals surface area contributed by atoms with E-state index in [1.54, 1.807) is 12.1 Å². The van der Waals surface area contributed by atoms with Gasteiger partial charge in [0, 0.05) is 17.3 Å². The summed E-state index contributed by atoms with van der Waals surface area (Å²) in [5, 5.41) is 4.00. The molecule has 30 heavy (non-hydrogen) atoms. The second-order valence-corrected chi connectivity index (χ2v) is 8.16. The Morgan fingerprint density at radius 3 is 2.73 bits per heavy atom. The molecule has 0 atom stereocenters. The number of amides is 1. The highest BCUT2D eigenvalue weighted by Crippen LogP contribution is 2.33. The van der Waals surface area contributed by atoms with Gasteiger partial charge in [-0.05, 0) is 36.8 Å². The van der Waals surface area contributed by atoms with Crippen LogP contribution in [0.4, 0.5) is 5.69 Å². The molecular formula is C22H20Cl2N3O3+. The Morgan fingerprint density at radius 1 is 1.07 bits per heavy atom. The third-order valence-corrected chi connectivity index (χ3v) is 6.09. The number of fused-ring (bicyclic) bond motifs is 2. The molecule has 3 heterocycles. The highest BCUT2D eigenvalue weighted by Gasteiger charge is 2.30. The van der Waals surface area contributed by atoms with E-state index in [9.17, 15) is 4.79 Å².